The first-order chi connectivity index (χ1) is 12.4. The predicted octanol–water partition coefficient (Wildman–Crippen LogP) is 5.24. The van der Waals surface area contributed by atoms with Gasteiger partial charge in [0, 0.05) is 16.5 Å². The molecule has 0 saturated carbocycles. The van der Waals surface area contributed by atoms with Gasteiger partial charge in [-0.2, -0.15) is 0 Å². The van der Waals surface area contributed by atoms with Crippen molar-refractivity contribution in [3.05, 3.63) is 56.7 Å². The van der Waals surface area contributed by atoms with E-state index in [0.29, 0.717) is 17.0 Å². The number of carbonyl (C=O) groups excluding carboxylic acids is 2. The fraction of sp³-hybridized carbons (Fsp3) is 0.263. The van der Waals surface area contributed by atoms with Gasteiger partial charge < -0.3 is 10.1 Å². The van der Waals surface area contributed by atoms with Gasteiger partial charge in [0.1, 0.15) is 10.8 Å². The third-order valence-electron chi connectivity index (χ3n) is 3.68. The maximum absolute atomic E-state index is 13.8. The normalized spacial score (nSPS) is 11.0. The van der Waals surface area contributed by atoms with Crippen LogP contribution in [0.1, 0.15) is 40.2 Å². The number of hydrogen-bond donors (Lipinski definition) is 1. The molecule has 0 aliphatic heterocycles. The van der Waals surface area contributed by atoms with Crippen molar-refractivity contribution in [3.63, 3.8) is 0 Å². The summed E-state index contributed by atoms with van der Waals surface area (Å²) in [5.74, 6) is -1.47. The van der Waals surface area contributed by atoms with Crippen LogP contribution in [-0.4, -0.2) is 18.5 Å². The Morgan fingerprint density at radius 2 is 2.08 bits per heavy atom. The molecule has 1 heterocycles. The first-order valence-corrected chi connectivity index (χ1v) is 9.30. The Labute approximate surface area is 160 Å². The number of rotatable bonds is 6. The molecule has 2 aromatic rings. The summed E-state index contributed by atoms with van der Waals surface area (Å²) < 4.78 is 18.9. The number of thiophene rings is 1. The summed E-state index contributed by atoms with van der Waals surface area (Å²) in [5, 5.41) is 3.31. The molecule has 0 fully saturated rings. The molecule has 4 nitrogen and oxygen atoms in total. The molecule has 0 atom stereocenters. The topological polar surface area (TPSA) is 55.4 Å². The van der Waals surface area contributed by atoms with Gasteiger partial charge in [0.25, 0.3) is 0 Å². The smallest absolute Gasteiger partial charge is 0.341 e. The van der Waals surface area contributed by atoms with Crippen LogP contribution in [0, 0.1) is 12.7 Å². The Kier molecular flexibility index (Phi) is 6.94. The maximum atomic E-state index is 13.8. The molecule has 1 amide bonds. The number of anilines is 1. The summed E-state index contributed by atoms with van der Waals surface area (Å²) in [7, 11) is 0. The Morgan fingerprint density at radius 1 is 1.35 bits per heavy atom. The van der Waals surface area contributed by atoms with Crippen molar-refractivity contribution in [1.82, 2.24) is 0 Å². The van der Waals surface area contributed by atoms with Gasteiger partial charge in [-0.05, 0) is 44.0 Å². The number of hydrogen-bond acceptors (Lipinski definition) is 4. The zero-order chi connectivity index (χ0) is 19.3. The molecule has 138 valence electrons. The van der Waals surface area contributed by atoms with E-state index in [1.54, 1.807) is 6.92 Å². The minimum absolute atomic E-state index is 0.131. The molecule has 0 spiro atoms. The van der Waals surface area contributed by atoms with Crippen molar-refractivity contribution in [2.45, 2.75) is 27.2 Å². The van der Waals surface area contributed by atoms with E-state index in [2.05, 4.69) is 5.32 Å². The SMILES string of the molecule is CCOC(=O)c1c(NC(=O)C=Cc2c(F)cccc2Cl)sc(C)c1CC. The highest BCUT2D eigenvalue weighted by molar-refractivity contribution is 7.16. The van der Waals surface area contributed by atoms with Crippen molar-refractivity contribution in [2.75, 3.05) is 11.9 Å². The van der Waals surface area contributed by atoms with E-state index < -0.39 is 17.7 Å². The number of carbonyl (C=O) groups is 2. The van der Waals surface area contributed by atoms with Crippen LogP contribution in [0.15, 0.2) is 24.3 Å². The number of benzene rings is 1. The van der Waals surface area contributed by atoms with Gasteiger partial charge in [0.2, 0.25) is 5.91 Å². The second-order valence-corrected chi connectivity index (χ2v) is 7.00. The highest BCUT2D eigenvalue weighted by atomic mass is 35.5. The fourth-order valence-corrected chi connectivity index (χ4v) is 3.86. The van der Waals surface area contributed by atoms with Crippen LogP contribution in [0.5, 0.6) is 0 Å². The third kappa shape index (κ3) is 4.51. The molecule has 0 unspecified atom stereocenters. The minimum atomic E-state index is -0.519. The van der Waals surface area contributed by atoms with Gasteiger partial charge in [0.15, 0.2) is 0 Å². The van der Waals surface area contributed by atoms with E-state index in [4.69, 9.17) is 16.3 Å². The van der Waals surface area contributed by atoms with Crippen molar-refractivity contribution < 1.29 is 18.7 Å². The first-order valence-electron chi connectivity index (χ1n) is 8.11. The lowest BCUT2D eigenvalue weighted by Gasteiger charge is -2.07. The van der Waals surface area contributed by atoms with Crippen LogP contribution in [0.3, 0.4) is 0 Å². The molecule has 1 aromatic carbocycles. The molecule has 0 radical (unpaired) electrons. The second kappa shape index (κ2) is 8.96. The molecular formula is C19H19ClFNO3S. The maximum Gasteiger partial charge on any atom is 0.341 e. The standard InChI is InChI=1S/C19H19ClFNO3S/c1-4-12-11(3)26-18(17(12)19(24)25-5-2)22-16(23)10-9-13-14(20)7-6-8-15(13)21/h6-10H,4-5H2,1-3H3,(H,22,23). The number of amides is 1. The third-order valence-corrected chi connectivity index (χ3v) is 5.07. The molecule has 0 aliphatic carbocycles. The number of halogens is 2. The Morgan fingerprint density at radius 3 is 2.69 bits per heavy atom. The van der Waals surface area contributed by atoms with E-state index in [1.165, 1.54) is 41.7 Å². The van der Waals surface area contributed by atoms with Gasteiger partial charge >= 0.3 is 5.97 Å². The van der Waals surface area contributed by atoms with Gasteiger partial charge in [-0.25, -0.2) is 9.18 Å². The number of aryl methyl sites for hydroxylation is 1. The average molecular weight is 396 g/mol. The summed E-state index contributed by atoms with van der Waals surface area (Å²) in [6, 6.07) is 4.29. The van der Waals surface area contributed by atoms with Gasteiger partial charge in [-0.15, -0.1) is 11.3 Å². The fourth-order valence-electron chi connectivity index (χ4n) is 2.49. The van der Waals surface area contributed by atoms with Crippen molar-refractivity contribution >= 4 is 45.9 Å². The zero-order valence-electron chi connectivity index (χ0n) is 14.7. The molecule has 26 heavy (non-hydrogen) atoms. The lowest BCUT2D eigenvalue weighted by atomic mass is 10.1. The molecule has 0 bridgehead atoms. The van der Waals surface area contributed by atoms with Crippen molar-refractivity contribution in [2.24, 2.45) is 0 Å². The molecular weight excluding hydrogens is 377 g/mol. The monoisotopic (exact) mass is 395 g/mol. The van der Waals surface area contributed by atoms with Gasteiger partial charge in [0.05, 0.1) is 17.2 Å². The van der Waals surface area contributed by atoms with E-state index in [1.807, 2.05) is 13.8 Å². The summed E-state index contributed by atoms with van der Waals surface area (Å²) in [4.78, 5) is 25.4. The van der Waals surface area contributed by atoms with Gasteiger partial charge in [-0.1, -0.05) is 24.6 Å². The predicted molar refractivity (Wildman–Crippen MR) is 103 cm³/mol. The minimum Gasteiger partial charge on any atom is -0.462 e. The molecule has 7 heteroatoms. The zero-order valence-corrected chi connectivity index (χ0v) is 16.3. The number of nitrogens with one attached hydrogen (secondary N) is 1. The van der Waals surface area contributed by atoms with E-state index >= 15 is 0 Å². The molecule has 0 saturated heterocycles. The van der Waals surface area contributed by atoms with E-state index in [9.17, 15) is 14.0 Å². The first kappa shape index (κ1) is 20.1. The van der Waals surface area contributed by atoms with E-state index in [0.717, 1.165) is 10.4 Å². The quantitative estimate of drug-likeness (QED) is 0.537. The highest BCUT2D eigenvalue weighted by Gasteiger charge is 2.23. The molecule has 1 aromatic heterocycles. The number of esters is 1. The summed E-state index contributed by atoms with van der Waals surface area (Å²) in [6.07, 6.45) is 3.13. The Hall–Kier alpha value is -2.18. The summed E-state index contributed by atoms with van der Waals surface area (Å²) in [5.41, 5.74) is 1.36. The van der Waals surface area contributed by atoms with Crippen LogP contribution in [-0.2, 0) is 16.0 Å². The number of ether oxygens (including phenoxy) is 1. The average Bonchev–Trinajstić information content (AvgIpc) is 2.89. The molecule has 0 aliphatic rings. The van der Waals surface area contributed by atoms with Crippen molar-refractivity contribution in [1.29, 1.82) is 0 Å². The van der Waals surface area contributed by atoms with Gasteiger partial charge in [-0.3, -0.25) is 4.79 Å². The van der Waals surface area contributed by atoms with Crippen LogP contribution < -0.4 is 5.32 Å². The second-order valence-electron chi connectivity index (χ2n) is 5.37. The van der Waals surface area contributed by atoms with Crippen LogP contribution in [0.25, 0.3) is 6.08 Å². The molecule has 2 rings (SSSR count). The highest BCUT2D eigenvalue weighted by Crippen LogP contribution is 2.34. The van der Waals surface area contributed by atoms with Crippen LogP contribution >= 0.6 is 22.9 Å². The summed E-state index contributed by atoms with van der Waals surface area (Å²) in [6.45, 7) is 5.79. The molecule has 1 N–H and O–H groups in total. The Bertz CT molecular complexity index is 840. The van der Waals surface area contributed by atoms with Crippen LogP contribution in [0.4, 0.5) is 9.39 Å². The largest absolute Gasteiger partial charge is 0.462 e. The van der Waals surface area contributed by atoms with Crippen molar-refractivity contribution in [3.8, 4) is 0 Å². The van der Waals surface area contributed by atoms with E-state index in [-0.39, 0.29) is 17.2 Å². The lowest BCUT2D eigenvalue weighted by molar-refractivity contribution is -0.111. The summed E-state index contributed by atoms with van der Waals surface area (Å²) >= 11 is 7.24. The lowest BCUT2D eigenvalue weighted by Crippen LogP contribution is -2.13. The van der Waals surface area contributed by atoms with Crippen LogP contribution in [0.2, 0.25) is 5.02 Å². The Balaban J connectivity index is 2.26.